The molecule has 0 bridgehead atoms. The van der Waals surface area contributed by atoms with Crippen LogP contribution < -0.4 is 5.32 Å². The van der Waals surface area contributed by atoms with Gasteiger partial charge in [0.15, 0.2) is 0 Å². The van der Waals surface area contributed by atoms with Crippen molar-refractivity contribution in [2.75, 3.05) is 6.54 Å². The molecule has 0 heterocycles. The van der Waals surface area contributed by atoms with Crippen LogP contribution in [-0.4, -0.2) is 17.6 Å². The van der Waals surface area contributed by atoms with Gasteiger partial charge in [0.1, 0.15) is 0 Å². The lowest BCUT2D eigenvalue weighted by molar-refractivity contribution is -0.120. The second-order valence-electron chi connectivity index (χ2n) is 5.23. The van der Waals surface area contributed by atoms with Gasteiger partial charge in [-0.3, -0.25) is 4.79 Å². The van der Waals surface area contributed by atoms with E-state index in [0.717, 1.165) is 11.1 Å². The maximum Gasteiger partial charge on any atom is 0.224 e. The number of aryl methyl sites for hydroxylation is 1. The van der Waals surface area contributed by atoms with E-state index < -0.39 is 6.10 Å². The zero-order valence-corrected chi connectivity index (χ0v) is 12.3. The van der Waals surface area contributed by atoms with Crippen LogP contribution in [0.1, 0.15) is 29.2 Å². The SMILES string of the molecule is Cc1ccc(CC(=O)NCCC(O)c2ccccc2)cc1. The van der Waals surface area contributed by atoms with Gasteiger partial charge >= 0.3 is 0 Å². The molecule has 0 saturated heterocycles. The summed E-state index contributed by atoms with van der Waals surface area (Å²) >= 11 is 0. The molecule has 0 radical (unpaired) electrons. The average molecular weight is 283 g/mol. The first-order valence-corrected chi connectivity index (χ1v) is 7.20. The van der Waals surface area contributed by atoms with Crippen molar-refractivity contribution in [3.8, 4) is 0 Å². The van der Waals surface area contributed by atoms with Gasteiger partial charge < -0.3 is 10.4 Å². The Hall–Kier alpha value is -2.13. The summed E-state index contributed by atoms with van der Waals surface area (Å²) in [4.78, 5) is 11.8. The monoisotopic (exact) mass is 283 g/mol. The predicted molar refractivity (Wildman–Crippen MR) is 83.9 cm³/mol. The molecule has 3 nitrogen and oxygen atoms in total. The number of carbonyl (C=O) groups excluding carboxylic acids is 1. The molecule has 2 rings (SSSR count). The molecular weight excluding hydrogens is 262 g/mol. The minimum atomic E-state index is -0.536. The molecule has 2 aromatic carbocycles. The summed E-state index contributed by atoms with van der Waals surface area (Å²) in [6.07, 6.45) is 0.358. The normalized spacial score (nSPS) is 11.9. The van der Waals surface area contributed by atoms with Crippen LogP contribution in [0.5, 0.6) is 0 Å². The largest absolute Gasteiger partial charge is 0.388 e. The average Bonchev–Trinajstić information content (AvgIpc) is 2.50. The van der Waals surface area contributed by atoms with Crippen molar-refractivity contribution < 1.29 is 9.90 Å². The van der Waals surface area contributed by atoms with Gasteiger partial charge in [0.2, 0.25) is 5.91 Å². The molecule has 0 aliphatic rings. The topological polar surface area (TPSA) is 49.3 Å². The number of hydrogen-bond donors (Lipinski definition) is 2. The van der Waals surface area contributed by atoms with E-state index in [0.29, 0.717) is 19.4 Å². The molecule has 2 aromatic rings. The molecule has 1 atom stereocenters. The number of benzene rings is 2. The van der Waals surface area contributed by atoms with Gasteiger partial charge in [-0.1, -0.05) is 60.2 Å². The first-order chi connectivity index (χ1) is 10.1. The molecule has 21 heavy (non-hydrogen) atoms. The van der Waals surface area contributed by atoms with Crippen molar-refractivity contribution in [1.82, 2.24) is 5.32 Å². The van der Waals surface area contributed by atoms with Crippen LogP contribution in [-0.2, 0) is 11.2 Å². The molecule has 110 valence electrons. The number of nitrogens with one attached hydrogen (secondary N) is 1. The van der Waals surface area contributed by atoms with Crippen LogP contribution >= 0.6 is 0 Å². The van der Waals surface area contributed by atoms with Crippen LogP contribution in [0.2, 0.25) is 0 Å². The summed E-state index contributed by atoms with van der Waals surface area (Å²) < 4.78 is 0. The Morgan fingerprint density at radius 2 is 1.76 bits per heavy atom. The molecule has 1 amide bonds. The van der Waals surface area contributed by atoms with Gasteiger partial charge in [-0.25, -0.2) is 0 Å². The van der Waals surface area contributed by atoms with Crippen LogP contribution in [0.3, 0.4) is 0 Å². The molecule has 0 spiro atoms. The predicted octanol–water partition coefficient (Wildman–Crippen LogP) is 2.78. The van der Waals surface area contributed by atoms with Crippen molar-refractivity contribution in [1.29, 1.82) is 0 Å². The second-order valence-corrected chi connectivity index (χ2v) is 5.23. The van der Waals surface area contributed by atoms with Crippen LogP contribution in [0, 0.1) is 6.92 Å². The third-order valence-electron chi connectivity index (χ3n) is 3.41. The Labute approximate surface area is 125 Å². The van der Waals surface area contributed by atoms with E-state index in [1.54, 1.807) is 0 Å². The number of hydrogen-bond acceptors (Lipinski definition) is 2. The fourth-order valence-electron chi connectivity index (χ4n) is 2.14. The van der Waals surface area contributed by atoms with E-state index in [4.69, 9.17) is 0 Å². The Kier molecular flexibility index (Phi) is 5.52. The van der Waals surface area contributed by atoms with Crippen LogP contribution in [0.25, 0.3) is 0 Å². The van der Waals surface area contributed by atoms with Gasteiger partial charge in [0, 0.05) is 6.54 Å². The van der Waals surface area contributed by atoms with Crippen LogP contribution in [0.15, 0.2) is 54.6 Å². The maximum atomic E-state index is 11.8. The maximum absolute atomic E-state index is 11.8. The van der Waals surface area contributed by atoms with Gasteiger partial charge in [-0.05, 0) is 24.5 Å². The van der Waals surface area contributed by atoms with E-state index >= 15 is 0 Å². The molecule has 0 aliphatic carbocycles. The van der Waals surface area contributed by atoms with Gasteiger partial charge in [0.25, 0.3) is 0 Å². The Morgan fingerprint density at radius 3 is 2.43 bits per heavy atom. The molecule has 0 aliphatic heterocycles. The van der Waals surface area contributed by atoms with Crippen LogP contribution in [0.4, 0.5) is 0 Å². The van der Waals surface area contributed by atoms with Crippen molar-refractivity contribution in [3.63, 3.8) is 0 Å². The van der Waals surface area contributed by atoms with Gasteiger partial charge in [-0.15, -0.1) is 0 Å². The number of aliphatic hydroxyl groups is 1. The lowest BCUT2D eigenvalue weighted by Gasteiger charge is -2.11. The quantitative estimate of drug-likeness (QED) is 0.856. The molecule has 2 N–H and O–H groups in total. The fraction of sp³-hybridized carbons (Fsp3) is 0.278. The highest BCUT2D eigenvalue weighted by atomic mass is 16.3. The molecule has 0 fully saturated rings. The summed E-state index contributed by atoms with van der Waals surface area (Å²) in [5.74, 6) is -0.0147. The highest BCUT2D eigenvalue weighted by molar-refractivity contribution is 5.78. The Morgan fingerprint density at radius 1 is 1.10 bits per heavy atom. The van der Waals surface area contributed by atoms with Gasteiger partial charge in [-0.2, -0.15) is 0 Å². The zero-order chi connectivity index (χ0) is 15.1. The van der Waals surface area contributed by atoms with E-state index in [1.807, 2.05) is 61.5 Å². The minimum Gasteiger partial charge on any atom is -0.388 e. The smallest absolute Gasteiger partial charge is 0.224 e. The highest BCUT2D eigenvalue weighted by Gasteiger charge is 2.08. The standard InChI is InChI=1S/C18H21NO2/c1-14-7-9-15(10-8-14)13-18(21)19-12-11-17(20)16-5-3-2-4-6-16/h2-10,17,20H,11-13H2,1H3,(H,19,21). The van der Waals surface area contributed by atoms with E-state index in [2.05, 4.69) is 5.32 Å². The summed E-state index contributed by atoms with van der Waals surface area (Å²) in [5, 5.41) is 12.8. The summed E-state index contributed by atoms with van der Waals surface area (Å²) in [6, 6.07) is 17.4. The Bertz CT molecular complexity index is 564. The molecule has 0 saturated carbocycles. The molecule has 1 unspecified atom stereocenters. The number of rotatable bonds is 6. The second kappa shape index (κ2) is 7.60. The first-order valence-electron chi connectivity index (χ1n) is 7.20. The lowest BCUT2D eigenvalue weighted by Crippen LogP contribution is -2.27. The van der Waals surface area contributed by atoms with Crippen molar-refractivity contribution >= 4 is 5.91 Å². The van der Waals surface area contributed by atoms with Crippen molar-refractivity contribution in [3.05, 3.63) is 71.3 Å². The number of aliphatic hydroxyl groups excluding tert-OH is 1. The Balaban J connectivity index is 1.73. The molecule has 0 aromatic heterocycles. The first kappa shape index (κ1) is 15.3. The molecule has 3 heteroatoms. The van der Waals surface area contributed by atoms with Gasteiger partial charge in [0.05, 0.1) is 12.5 Å². The highest BCUT2D eigenvalue weighted by Crippen LogP contribution is 2.14. The molecular formula is C18H21NO2. The third-order valence-corrected chi connectivity index (χ3v) is 3.41. The minimum absolute atomic E-state index is 0.0147. The zero-order valence-electron chi connectivity index (χ0n) is 12.3. The van der Waals surface area contributed by atoms with E-state index in [9.17, 15) is 9.90 Å². The van der Waals surface area contributed by atoms with Crippen molar-refractivity contribution in [2.24, 2.45) is 0 Å². The summed E-state index contributed by atoms with van der Waals surface area (Å²) in [7, 11) is 0. The fourth-order valence-corrected chi connectivity index (χ4v) is 2.14. The van der Waals surface area contributed by atoms with E-state index in [1.165, 1.54) is 5.56 Å². The lowest BCUT2D eigenvalue weighted by atomic mass is 10.1. The summed E-state index contributed by atoms with van der Waals surface area (Å²) in [5.41, 5.74) is 3.07. The summed E-state index contributed by atoms with van der Waals surface area (Å²) in [6.45, 7) is 2.50. The van der Waals surface area contributed by atoms with Crippen molar-refractivity contribution in [2.45, 2.75) is 25.9 Å². The number of amides is 1. The van der Waals surface area contributed by atoms with E-state index in [-0.39, 0.29) is 5.91 Å². The third kappa shape index (κ3) is 5.04. The number of carbonyl (C=O) groups is 1.